The number of rotatable bonds is 7. The Balaban J connectivity index is 2.29. The first-order chi connectivity index (χ1) is 10.7. The molecule has 0 spiro atoms. The van der Waals surface area contributed by atoms with E-state index in [4.69, 9.17) is 14.2 Å². The van der Waals surface area contributed by atoms with Gasteiger partial charge in [0.25, 0.3) is 0 Å². The molecule has 1 aromatic carbocycles. The zero-order valence-electron chi connectivity index (χ0n) is 12.8. The molecule has 0 bridgehead atoms. The fourth-order valence-corrected chi connectivity index (χ4v) is 2.60. The van der Waals surface area contributed by atoms with Crippen LogP contribution in [-0.4, -0.2) is 26.6 Å². The van der Waals surface area contributed by atoms with Crippen molar-refractivity contribution >= 4 is 23.2 Å². The molecule has 0 saturated carbocycles. The van der Waals surface area contributed by atoms with Crippen molar-refractivity contribution in [3.8, 4) is 17.2 Å². The van der Waals surface area contributed by atoms with Gasteiger partial charge in [-0.1, -0.05) is 12.1 Å². The molecule has 0 radical (unpaired) electrons. The highest BCUT2D eigenvalue weighted by molar-refractivity contribution is 7.12. The lowest BCUT2D eigenvalue weighted by Gasteiger charge is -2.14. The third kappa shape index (κ3) is 3.68. The number of thiophene rings is 1. The van der Waals surface area contributed by atoms with Crippen LogP contribution in [0.5, 0.6) is 17.2 Å². The molecule has 4 nitrogen and oxygen atoms in total. The van der Waals surface area contributed by atoms with Crippen molar-refractivity contribution in [2.45, 2.75) is 6.92 Å². The lowest BCUT2D eigenvalue weighted by Crippen LogP contribution is -1.99. The molecule has 1 heterocycles. The maximum absolute atomic E-state index is 12.0. The minimum atomic E-state index is -0.0261. The normalized spacial score (nSPS) is 10.7. The molecule has 0 N–H and O–H groups in total. The standard InChI is InChI=1S/C17H18O4S/c1-4-21-17-14(19-2)10-12(11-15(17)20-3)7-8-13(18)16-6-5-9-22-16/h5-11H,4H2,1-3H3/b8-7+. The van der Waals surface area contributed by atoms with E-state index in [9.17, 15) is 4.79 Å². The van der Waals surface area contributed by atoms with Crippen LogP contribution in [0.2, 0.25) is 0 Å². The highest BCUT2D eigenvalue weighted by atomic mass is 32.1. The zero-order chi connectivity index (χ0) is 15.9. The summed E-state index contributed by atoms with van der Waals surface area (Å²) in [5.41, 5.74) is 0.807. The summed E-state index contributed by atoms with van der Waals surface area (Å²) in [5, 5.41) is 1.88. The van der Waals surface area contributed by atoms with Crippen molar-refractivity contribution in [1.82, 2.24) is 0 Å². The number of ketones is 1. The predicted molar refractivity (Wildman–Crippen MR) is 88.4 cm³/mol. The fraction of sp³-hybridized carbons (Fsp3) is 0.235. The summed E-state index contributed by atoms with van der Waals surface area (Å²) in [7, 11) is 3.14. The van der Waals surface area contributed by atoms with E-state index in [1.165, 1.54) is 11.3 Å². The van der Waals surface area contributed by atoms with Crippen LogP contribution < -0.4 is 14.2 Å². The van der Waals surface area contributed by atoms with Crippen LogP contribution in [0.1, 0.15) is 22.2 Å². The number of benzene rings is 1. The van der Waals surface area contributed by atoms with Gasteiger partial charge in [0.05, 0.1) is 25.7 Å². The maximum atomic E-state index is 12.0. The molecule has 2 aromatic rings. The molecule has 0 unspecified atom stereocenters. The van der Waals surface area contributed by atoms with Gasteiger partial charge in [-0.05, 0) is 42.1 Å². The average Bonchev–Trinajstić information content (AvgIpc) is 3.07. The molecule has 116 valence electrons. The summed E-state index contributed by atoms with van der Waals surface area (Å²) in [4.78, 5) is 12.7. The molecular weight excluding hydrogens is 300 g/mol. The van der Waals surface area contributed by atoms with Crippen LogP contribution >= 0.6 is 11.3 Å². The van der Waals surface area contributed by atoms with Gasteiger partial charge in [0.15, 0.2) is 17.3 Å². The highest BCUT2D eigenvalue weighted by Gasteiger charge is 2.13. The Hall–Kier alpha value is -2.27. The van der Waals surface area contributed by atoms with Crippen molar-refractivity contribution in [2.24, 2.45) is 0 Å². The maximum Gasteiger partial charge on any atom is 0.203 e. The van der Waals surface area contributed by atoms with Gasteiger partial charge >= 0.3 is 0 Å². The van der Waals surface area contributed by atoms with Crippen molar-refractivity contribution in [2.75, 3.05) is 20.8 Å². The SMILES string of the molecule is CCOc1c(OC)cc(/C=C/C(=O)c2cccs2)cc1OC. The van der Waals surface area contributed by atoms with Gasteiger partial charge in [0.1, 0.15) is 0 Å². The Bertz CT molecular complexity index is 634. The summed E-state index contributed by atoms with van der Waals surface area (Å²) in [6, 6.07) is 7.28. The van der Waals surface area contributed by atoms with Gasteiger partial charge in [-0.3, -0.25) is 4.79 Å². The Morgan fingerprint density at radius 1 is 1.23 bits per heavy atom. The molecule has 5 heteroatoms. The third-order valence-corrected chi connectivity index (χ3v) is 3.85. The lowest BCUT2D eigenvalue weighted by atomic mass is 10.1. The summed E-state index contributed by atoms with van der Waals surface area (Å²) in [6.07, 6.45) is 3.28. The van der Waals surface area contributed by atoms with Crippen LogP contribution in [0.3, 0.4) is 0 Å². The quantitative estimate of drug-likeness (QED) is 0.570. The largest absolute Gasteiger partial charge is 0.493 e. The molecule has 0 aliphatic carbocycles. The van der Waals surface area contributed by atoms with Gasteiger partial charge in [-0.25, -0.2) is 0 Å². The summed E-state index contributed by atoms with van der Waals surface area (Å²) >= 11 is 1.42. The van der Waals surface area contributed by atoms with Gasteiger partial charge in [0, 0.05) is 0 Å². The second-order valence-corrected chi connectivity index (χ2v) is 5.31. The van der Waals surface area contributed by atoms with E-state index in [1.54, 1.807) is 32.4 Å². The first-order valence-electron chi connectivity index (χ1n) is 6.84. The Morgan fingerprint density at radius 2 is 1.91 bits per heavy atom. The third-order valence-electron chi connectivity index (χ3n) is 2.96. The van der Waals surface area contributed by atoms with Crippen LogP contribution in [0.15, 0.2) is 35.7 Å². The van der Waals surface area contributed by atoms with E-state index >= 15 is 0 Å². The van der Waals surface area contributed by atoms with Crippen LogP contribution in [0, 0.1) is 0 Å². The number of allylic oxidation sites excluding steroid dienone is 1. The first kappa shape index (κ1) is 16.1. The molecule has 0 amide bonds. The molecule has 2 rings (SSSR count). The van der Waals surface area contributed by atoms with Gasteiger partial charge in [-0.2, -0.15) is 0 Å². The lowest BCUT2D eigenvalue weighted by molar-refractivity contribution is 0.105. The van der Waals surface area contributed by atoms with E-state index in [2.05, 4.69) is 0 Å². The van der Waals surface area contributed by atoms with Crippen molar-refractivity contribution < 1.29 is 19.0 Å². The van der Waals surface area contributed by atoms with Crippen LogP contribution in [0.25, 0.3) is 6.08 Å². The number of hydrogen-bond donors (Lipinski definition) is 0. The predicted octanol–water partition coefficient (Wildman–Crippen LogP) is 4.06. The number of carbonyl (C=O) groups excluding carboxylic acids is 1. The molecular formula is C17H18O4S. The fourth-order valence-electron chi connectivity index (χ4n) is 1.96. The van der Waals surface area contributed by atoms with E-state index < -0.39 is 0 Å². The first-order valence-corrected chi connectivity index (χ1v) is 7.72. The summed E-state index contributed by atoms with van der Waals surface area (Å²) < 4.78 is 16.2. The Labute approximate surface area is 133 Å². The molecule has 0 fully saturated rings. The molecule has 0 aliphatic rings. The second-order valence-electron chi connectivity index (χ2n) is 4.36. The second kappa shape index (κ2) is 7.66. The van der Waals surface area contributed by atoms with Gasteiger partial charge < -0.3 is 14.2 Å². The minimum absolute atomic E-state index is 0.0261. The van der Waals surface area contributed by atoms with Crippen molar-refractivity contribution in [1.29, 1.82) is 0 Å². The van der Waals surface area contributed by atoms with Crippen LogP contribution in [0.4, 0.5) is 0 Å². The molecule has 0 atom stereocenters. The summed E-state index contributed by atoms with van der Waals surface area (Å²) in [6.45, 7) is 2.41. The number of carbonyl (C=O) groups is 1. The molecule has 0 aliphatic heterocycles. The smallest absolute Gasteiger partial charge is 0.203 e. The van der Waals surface area contributed by atoms with Crippen molar-refractivity contribution in [3.05, 3.63) is 46.2 Å². The van der Waals surface area contributed by atoms with Gasteiger partial charge in [-0.15, -0.1) is 11.3 Å². The molecule has 22 heavy (non-hydrogen) atoms. The van der Waals surface area contributed by atoms with Crippen LogP contribution in [-0.2, 0) is 0 Å². The van der Waals surface area contributed by atoms with Gasteiger partial charge in [0.2, 0.25) is 5.75 Å². The minimum Gasteiger partial charge on any atom is -0.493 e. The number of methoxy groups -OCH3 is 2. The summed E-state index contributed by atoms with van der Waals surface area (Å²) in [5.74, 6) is 1.69. The number of ether oxygens (including phenoxy) is 3. The average molecular weight is 318 g/mol. The Morgan fingerprint density at radius 3 is 2.41 bits per heavy atom. The van der Waals surface area contributed by atoms with Crippen molar-refractivity contribution in [3.63, 3.8) is 0 Å². The highest BCUT2D eigenvalue weighted by Crippen LogP contribution is 2.38. The Kier molecular flexibility index (Phi) is 5.61. The monoisotopic (exact) mass is 318 g/mol. The molecule has 1 aromatic heterocycles. The molecule has 0 saturated heterocycles. The van der Waals surface area contributed by atoms with E-state index in [1.807, 2.05) is 30.5 Å². The van der Waals surface area contributed by atoms with E-state index in [-0.39, 0.29) is 5.78 Å². The topological polar surface area (TPSA) is 44.8 Å². The zero-order valence-corrected chi connectivity index (χ0v) is 13.6. The number of hydrogen-bond acceptors (Lipinski definition) is 5. The van der Waals surface area contributed by atoms with E-state index in [0.29, 0.717) is 28.7 Å². The van der Waals surface area contributed by atoms with E-state index in [0.717, 1.165) is 5.56 Å².